The normalized spacial score (nSPS) is 15.4. The van der Waals surface area contributed by atoms with E-state index in [0.717, 1.165) is 34.5 Å². The van der Waals surface area contributed by atoms with Crippen molar-refractivity contribution in [2.24, 2.45) is 0 Å². The lowest BCUT2D eigenvalue weighted by atomic mass is 10.1. The molecule has 1 saturated heterocycles. The number of nitrogens with zero attached hydrogens (tertiary/aromatic N) is 6. The Kier molecular flexibility index (Phi) is 5.74. The number of aromatic nitrogens is 4. The molecule has 0 atom stereocenters. The number of morpholine rings is 1. The summed E-state index contributed by atoms with van der Waals surface area (Å²) in [5.41, 5.74) is 9.96. The van der Waals surface area contributed by atoms with Crippen LogP contribution in [0.1, 0.15) is 18.1 Å². The molecule has 170 valence electrons. The lowest BCUT2D eigenvalue weighted by Crippen LogP contribution is -2.38. The number of carbonyl (C=O) groups excluding carboxylic acids is 1. The Labute approximate surface area is 191 Å². The van der Waals surface area contributed by atoms with Gasteiger partial charge in [0.2, 0.25) is 11.9 Å². The van der Waals surface area contributed by atoms with Crippen LogP contribution in [0.25, 0.3) is 11.3 Å². The molecule has 10 heteroatoms. The Hall–Kier alpha value is -3.79. The van der Waals surface area contributed by atoms with Crippen molar-refractivity contribution in [2.45, 2.75) is 19.8 Å². The van der Waals surface area contributed by atoms with Gasteiger partial charge in [-0.25, -0.2) is 19.7 Å². The summed E-state index contributed by atoms with van der Waals surface area (Å²) in [5.74, 6) is 1.38. The smallest absolute Gasteiger partial charge is 0.327 e. The van der Waals surface area contributed by atoms with Gasteiger partial charge in [0, 0.05) is 48.8 Å². The number of carbonyl (C=O) groups is 1. The van der Waals surface area contributed by atoms with Crippen molar-refractivity contribution in [3.63, 3.8) is 0 Å². The van der Waals surface area contributed by atoms with Crippen molar-refractivity contribution in [1.82, 2.24) is 19.9 Å². The molecule has 3 N–H and O–H groups in total. The highest BCUT2D eigenvalue weighted by atomic mass is 16.5. The van der Waals surface area contributed by atoms with E-state index in [-0.39, 0.29) is 12.0 Å². The van der Waals surface area contributed by atoms with Crippen molar-refractivity contribution in [1.29, 1.82) is 0 Å². The third kappa shape index (κ3) is 4.17. The van der Waals surface area contributed by atoms with E-state index < -0.39 is 0 Å². The molecule has 4 heterocycles. The van der Waals surface area contributed by atoms with Crippen LogP contribution in [0.4, 0.5) is 28.2 Å². The minimum atomic E-state index is -0.208. The van der Waals surface area contributed by atoms with E-state index in [0.29, 0.717) is 51.0 Å². The number of anilines is 4. The highest BCUT2D eigenvalue weighted by Gasteiger charge is 2.32. The quantitative estimate of drug-likeness (QED) is 0.627. The molecule has 0 unspecified atom stereocenters. The zero-order chi connectivity index (χ0) is 22.8. The molecule has 0 spiro atoms. The Morgan fingerprint density at radius 2 is 1.88 bits per heavy atom. The monoisotopic (exact) mass is 446 g/mol. The number of hydrogen-bond acceptors (Lipinski definition) is 8. The number of rotatable bonds is 4. The molecular weight excluding hydrogens is 420 g/mol. The van der Waals surface area contributed by atoms with Crippen LogP contribution in [0, 0.1) is 0 Å². The molecule has 3 aromatic rings. The summed E-state index contributed by atoms with van der Waals surface area (Å²) in [6.45, 7) is 5.18. The van der Waals surface area contributed by atoms with Crippen LogP contribution >= 0.6 is 0 Å². The predicted molar refractivity (Wildman–Crippen MR) is 126 cm³/mol. The minimum absolute atomic E-state index is 0.202. The lowest BCUT2D eigenvalue weighted by Gasteiger charge is -2.28. The molecule has 0 bridgehead atoms. The molecule has 2 aliphatic rings. The largest absolute Gasteiger partial charge is 0.378 e. The van der Waals surface area contributed by atoms with Gasteiger partial charge in [-0.1, -0.05) is 25.1 Å². The first-order valence-electron chi connectivity index (χ1n) is 11.1. The molecule has 1 aromatic carbocycles. The van der Waals surface area contributed by atoms with Gasteiger partial charge in [-0.15, -0.1) is 0 Å². The summed E-state index contributed by atoms with van der Waals surface area (Å²) >= 11 is 0. The third-order valence-corrected chi connectivity index (χ3v) is 5.94. The molecule has 0 saturated carbocycles. The van der Waals surface area contributed by atoms with Crippen molar-refractivity contribution in [3.05, 3.63) is 47.8 Å². The Bertz CT molecular complexity index is 1160. The van der Waals surface area contributed by atoms with Crippen molar-refractivity contribution in [2.75, 3.05) is 53.7 Å². The number of nitrogen functional groups attached to an aromatic ring is 1. The fourth-order valence-electron chi connectivity index (χ4n) is 4.18. The topological polar surface area (TPSA) is 122 Å². The molecule has 2 aromatic heterocycles. The van der Waals surface area contributed by atoms with Gasteiger partial charge in [0.05, 0.1) is 18.9 Å². The Morgan fingerprint density at radius 1 is 1.12 bits per heavy atom. The fourth-order valence-corrected chi connectivity index (χ4v) is 4.18. The highest BCUT2D eigenvalue weighted by Crippen LogP contribution is 2.36. The average molecular weight is 447 g/mol. The van der Waals surface area contributed by atoms with Gasteiger partial charge in [-0.2, -0.15) is 4.98 Å². The maximum atomic E-state index is 13.3. The van der Waals surface area contributed by atoms with Gasteiger partial charge in [0.1, 0.15) is 5.82 Å². The number of ether oxygens (including phenoxy) is 1. The first kappa shape index (κ1) is 21.1. The van der Waals surface area contributed by atoms with Crippen molar-refractivity contribution in [3.8, 4) is 11.3 Å². The first-order valence-corrected chi connectivity index (χ1v) is 11.1. The maximum Gasteiger partial charge on any atom is 0.327 e. The molecule has 1 fully saturated rings. The van der Waals surface area contributed by atoms with Crippen LogP contribution < -0.4 is 20.9 Å². The second-order valence-corrected chi connectivity index (χ2v) is 7.95. The van der Waals surface area contributed by atoms with E-state index >= 15 is 0 Å². The first-order chi connectivity index (χ1) is 16.1. The summed E-state index contributed by atoms with van der Waals surface area (Å²) in [6, 6.07) is 7.63. The van der Waals surface area contributed by atoms with Crippen LogP contribution in [-0.4, -0.2) is 58.8 Å². The van der Waals surface area contributed by atoms with E-state index in [2.05, 4.69) is 27.1 Å². The van der Waals surface area contributed by atoms with Gasteiger partial charge < -0.3 is 20.7 Å². The lowest BCUT2D eigenvalue weighted by molar-refractivity contribution is 0.122. The Morgan fingerprint density at radius 3 is 2.64 bits per heavy atom. The zero-order valence-electron chi connectivity index (χ0n) is 18.5. The number of hydrogen-bond donors (Lipinski definition) is 2. The summed E-state index contributed by atoms with van der Waals surface area (Å²) < 4.78 is 5.48. The van der Waals surface area contributed by atoms with Gasteiger partial charge in [0.25, 0.3) is 0 Å². The van der Waals surface area contributed by atoms with Gasteiger partial charge >= 0.3 is 6.03 Å². The maximum absolute atomic E-state index is 13.3. The molecule has 0 radical (unpaired) electrons. The van der Waals surface area contributed by atoms with Crippen LogP contribution in [0.15, 0.2) is 36.7 Å². The SMILES string of the molecule is CCc1ccccc1NC(=O)N1CCc2c(-c3cnc(N)nc3)nc(N3CCOCC3)nc21. The van der Waals surface area contributed by atoms with Crippen LogP contribution in [0.5, 0.6) is 0 Å². The average Bonchev–Trinajstić information content (AvgIpc) is 3.29. The van der Waals surface area contributed by atoms with E-state index in [1.165, 1.54) is 0 Å². The highest BCUT2D eigenvalue weighted by molar-refractivity contribution is 6.03. The third-order valence-electron chi connectivity index (χ3n) is 5.94. The van der Waals surface area contributed by atoms with Crippen LogP contribution in [0.2, 0.25) is 0 Å². The van der Waals surface area contributed by atoms with Gasteiger partial charge in [0.15, 0.2) is 0 Å². The number of benzene rings is 1. The predicted octanol–water partition coefficient (Wildman–Crippen LogP) is 2.51. The Balaban J connectivity index is 1.53. The summed E-state index contributed by atoms with van der Waals surface area (Å²) in [4.78, 5) is 35.0. The molecule has 0 aliphatic carbocycles. The molecule has 2 aliphatic heterocycles. The van der Waals surface area contributed by atoms with Crippen LogP contribution in [-0.2, 0) is 17.6 Å². The summed E-state index contributed by atoms with van der Waals surface area (Å²) in [6.07, 6.45) is 4.79. The van der Waals surface area contributed by atoms with Gasteiger partial charge in [-0.3, -0.25) is 4.90 Å². The number of aryl methyl sites for hydroxylation is 1. The molecule has 33 heavy (non-hydrogen) atoms. The summed E-state index contributed by atoms with van der Waals surface area (Å²) in [7, 11) is 0. The number of para-hydroxylation sites is 1. The zero-order valence-corrected chi connectivity index (χ0v) is 18.5. The number of urea groups is 1. The second kappa shape index (κ2) is 8.99. The molecule has 5 rings (SSSR count). The molecular formula is C23H26N8O2. The van der Waals surface area contributed by atoms with E-state index in [9.17, 15) is 4.79 Å². The standard InChI is InChI=1S/C23H26N8O2/c1-2-15-5-3-4-6-18(15)27-23(32)31-8-7-17-19(16-13-25-21(24)26-14-16)28-22(29-20(17)31)30-9-11-33-12-10-30/h3-6,13-14H,2,7-12H2,1H3,(H,27,32)(H2,24,25,26). The minimum Gasteiger partial charge on any atom is -0.378 e. The number of nitrogens with two attached hydrogens (primary N) is 1. The molecule has 10 nitrogen and oxygen atoms in total. The number of amides is 2. The fraction of sp³-hybridized carbons (Fsp3) is 0.348. The van der Waals surface area contributed by atoms with Crippen molar-refractivity contribution < 1.29 is 9.53 Å². The second-order valence-electron chi connectivity index (χ2n) is 7.95. The van der Waals surface area contributed by atoms with Crippen LogP contribution in [0.3, 0.4) is 0 Å². The van der Waals surface area contributed by atoms with E-state index in [1.54, 1.807) is 17.3 Å². The molecule has 2 amide bonds. The number of fused-ring (bicyclic) bond motifs is 1. The summed E-state index contributed by atoms with van der Waals surface area (Å²) in [5, 5.41) is 3.06. The van der Waals surface area contributed by atoms with E-state index in [1.807, 2.05) is 24.3 Å². The number of nitrogens with one attached hydrogen (secondary N) is 1. The van der Waals surface area contributed by atoms with Gasteiger partial charge in [-0.05, 0) is 24.5 Å². The van der Waals surface area contributed by atoms with Crippen molar-refractivity contribution >= 4 is 29.4 Å². The van der Waals surface area contributed by atoms with E-state index in [4.69, 9.17) is 20.4 Å².